The highest BCUT2D eigenvalue weighted by atomic mass is 16.7. The van der Waals surface area contributed by atoms with Crippen LogP contribution in [0.2, 0.25) is 0 Å². The highest BCUT2D eigenvalue weighted by Crippen LogP contribution is 2.31. The summed E-state index contributed by atoms with van der Waals surface area (Å²) in [7, 11) is 0. The lowest BCUT2D eigenvalue weighted by molar-refractivity contribution is -0.299. The van der Waals surface area contributed by atoms with Gasteiger partial charge in [0.2, 0.25) is 18.2 Å². The Balaban J connectivity index is 2.58. The molecule has 0 N–H and O–H groups in total. The lowest BCUT2D eigenvalue weighted by Crippen LogP contribution is -2.63. The van der Waals surface area contributed by atoms with E-state index in [4.69, 9.17) is 33.2 Å². The lowest BCUT2D eigenvalue weighted by atomic mass is 9.98. The van der Waals surface area contributed by atoms with Crippen molar-refractivity contribution in [2.24, 2.45) is 0 Å². The van der Waals surface area contributed by atoms with Crippen LogP contribution in [-0.4, -0.2) is 73.8 Å². The maximum Gasteiger partial charge on any atom is 0.373 e. The number of benzene rings is 1. The largest absolute Gasteiger partial charge is 0.463 e. The summed E-state index contributed by atoms with van der Waals surface area (Å²) < 4.78 is 38.0. The third kappa shape index (κ3) is 9.18. The molecule has 0 aliphatic carbocycles. The minimum atomic E-state index is -1.57. The summed E-state index contributed by atoms with van der Waals surface area (Å²) in [4.78, 5) is 60.2. The predicted molar refractivity (Wildman–Crippen MR) is 129 cm³/mol. The SMILES string of the molecule is CCOC(=O)/C(=C/c1cccc(C)c1)O[C@H]1O[C@@H](COC(C)=O)[C@@H](OC(C)=O)[C@@H](OC(C)=O)[C@@H]1OC(C)=O. The molecule has 1 heterocycles. The molecule has 0 amide bonds. The van der Waals surface area contributed by atoms with Gasteiger partial charge in [-0.2, -0.15) is 0 Å². The van der Waals surface area contributed by atoms with E-state index < -0.39 is 67.2 Å². The van der Waals surface area contributed by atoms with E-state index in [9.17, 15) is 24.0 Å². The average molecular weight is 537 g/mol. The number of carbonyl (C=O) groups is 5. The summed E-state index contributed by atoms with van der Waals surface area (Å²) in [5, 5.41) is 0. The molecule has 208 valence electrons. The van der Waals surface area contributed by atoms with Crippen molar-refractivity contribution in [1.82, 2.24) is 0 Å². The van der Waals surface area contributed by atoms with Gasteiger partial charge in [-0.15, -0.1) is 0 Å². The van der Waals surface area contributed by atoms with Gasteiger partial charge >= 0.3 is 29.8 Å². The fourth-order valence-corrected chi connectivity index (χ4v) is 3.66. The fourth-order valence-electron chi connectivity index (χ4n) is 3.66. The second-order valence-corrected chi connectivity index (χ2v) is 8.33. The zero-order valence-corrected chi connectivity index (χ0v) is 22.1. The Morgan fingerprint density at radius 3 is 1.97 bits per heavy atom. The number of hydrogen-bond acceptors (Lipinski definition) is 12. The number of aryl methyl sites for hydroxylation is 1. The van der Waals surface area contributed by atoms with E-state index >= 15 is 0 Å². The first-order valence-electron chi connectivity index (χ1n) is 11.8. The molecule has 0 radical (unpaired) electrons. The van der Waals surface area contributed by atoms with Crippen molar-refractivity contribution < 1.29 is 57.1 Å². The second-order valence-electron chi connectivity index (χ2n) is 8.33. The van der Waals surface area contributed by atoms with E-state index in [1.54, 1.807) is 25.1 Å². The Labute approximate surface area is 220 Å². The van der Waals surface area contributed by atoms with Crippen LogP contribution in [0.3, 0.4) is 0 Å². The molecular formula is C26H32O12. The molecule has 1 aromatic rings. The zero-order valence-electron chi connectivity index (χ0n) is 22.1. The molecule has 38 heavy (non-hydrogen) atoms. The lowest BCUT2D eigenvalue weighted by Gasteiger charge is -2.43. The molecule has 1 aromatic carbocycles. The van der Waals surface area contributed by atoms with Gasteiger partial charge in [0.15, 0.2) is 12.2 Å². The molecular weight excluding hydrogens is 504 g/mol. The van der Waals surface area contributed by atoms with Crippen LogP contribution in [0.4, 0.5) is 0 Å². The molecule has 0 saturated carbocycles. The zero-order chi connectivity index (χ0) is 28.4. The third-order valence-corrected chi connectivity index (χ3v) is 5.01. The highest BCUT2D eigenvalue weighted by molar-refractivity contribution is 5.91. The van der Waals surface area contributed by atoms with Gasteiger partial charge in [0.25, 0.3) is 0 Å². The summed E-state index contributed by atoms with van der Waals surface area (Å²) >= 11 is 0. The van der Waals surface area contributed by atoms with E-state index in [0.29, 0.717) is 5.56 Å². The van der Waals surface area contributed by atoms with Crippen molar-refractivity contribution in [2.75, 3.05) is 13.2 Å². The number of hydrogen-bond donors (Lipinski definition) is 0. The third-order valence-electron chi connectivity index (χ3n) is 5.01. The van der Waals surface area contributed by atoms with Crippen LogP contribution in [0.25, 0.3) is 6.08 Å². The van der Waals surface area contributed by atoms with Crippen molar-refractivity contribution in [3.8, 4) is 0 Å². The molecule has 0 unspecified atom stereocenters. The average Bonchev–Trinajstić information content (AvgIpc) is 2.80. The molecule has 12 nitrogen and oxygen atoms in total. The summed E-state index contributed by atoms with van der Waals surface area (Å²) in [6.07, 6.45) is -5.69. The summed E-state index contributed by atoms with van der Waals surface area (Å²) in [5.74, 6) is -4.18. The second kappa shape index (κ2) is 14.1. The normalized spacial score (nSPS) is 23.0. The first kappa shape index (κ1) is 30.3. The molecule has 0 bridgehead atoms. The molecule has 1 aliphatic rings. The molecule has 5 atom stereocenters. The predicted octanol–water partition coefficient (Wildman–Crippen LogP) is 2.00. The van der Waals surface area contributed by atoms with E-state index in [0.717, 1.165) is 33.3 Å². The Morgan fingerprint density at radius 1 is 0.816 bits per heavy atom. The van der Waals surface area contributed by atoms with Gasteiger partial charge in [-0.05, 0) is 25.5 Å². The smallest absolute Gasteiger partial charge is 0.373 e. The molecule has 12 heteroatoms. The maximum atomic E-state index is 12.8. The molecule has 0 aromatic heterocycles. The standard InChI is InChI=1S/C26H32O12/c1-7-32-25(31)20(12-19-10-8-9-14(2)11-19)37-26-24(36-18(6)30)23(35-17(5)29)22(34-16(4)28)21(38-26)13-33-15(3)27/h8-12,21-24,26H,7,13H2,1-6H3/b20-12-/t21-,22+,23+,24-,26-/m0/s1. The van der Waals surface area contributed by atoms with E-state index in [-0.39, 0.29) is 12.4 Å². The van der Waals surface area contributed by atoms with Crippen molar-refractivity contribution in [2.45, 2.75) is 72.2 Å². The molecule has 1 fully saturated rings. The van der Waals surface area contributed by atoms with E-state index in [1.165, 1.54) is 6.08 Å². The number of ether oxygens (including phenoxy) is 7. The van der Waals surface area contributed by atoms with Crippen LogP contribution in [0, 0.1) is 6.92 Å². The molecule has 0 spiro atoms. The Hall–Kier alpha value is -3.93. The van der Waals surface area contributed by atoms with Crippen LogP contribution in [-0.2, 0) is 57.1 Å². The van der Waals surface area contributed by atoms with Crippen LogP contribution >= 0.6 is 0 Å². The fraction of sp³-hybridized carbons (Fsp3) is 0.500. The molecule has 1 saturated heterocycles. The number of carbonyl (C=O) groups excluding carboxylic acids is 5. The minimum absolute atomic E-state index is 0.0337. The van der Waals surface area contributed by atoms with E-state index in [1.807, 2.05) is 13.0 Å². The van der Waals surface area contributed by atoms with Crippen molar-refractivity contribution in [3.63, 3.8) is 0 Å². The van der Waals surface area contributed by atoms with Gasteiger partial charge in [-0.3, -0.25) is 19.2 Å². The van der Waals surface area contributed by atoms with Crippen LogP contribution in [0.1, 0.15) is 45.7 Å². The molecule has 2 rings (SSSR count). The summed E-state index contributed by atoms with van der Waals surface area (Å²) in [5.41, 5.74) is 1.51. The number of rotatable bonds is 10. The van der Waals surface area contributed by atoms with Gasteiger partial charge in [0.05, 0.1) is 6.61 Å². The summed E-state index contributed by atoms with van der Waals surface area (Å²) in [6.45, 7) is 7.54. The van der Waals surface area contributed by atoms with Gasteiger partial charge in [0.1, 0.15) is 12.7 Å². The number of esters is 5. The van der Waals surface area contributed by atoms with Crippen molar-refractivity contribution >= 4 is 35.9 Å². The van der Waals surface area contributed by atoms with Crippen molar-refractivity contribution in [1.29, 1.82) is 0 Å². The first-order valence-corrected chi connectivity index (χ1v) is 11.8. The minimum Gasteiger partial charge on any atom is -0.463 e. The Bertz CT molecular complexity index is 1060. The first-order chi connectivity index (χ1) is 17.9. The Kier molecular flexibility index (Phi) is 11.3. The van der Waals surface area contributed by atoms with Crippen molar-refractivity contribution in [3.05, 3.63) is 41.2 Å². The van der Waals surface area contributed by atoms with Crippen LogP contribution in [0.15, 0.2) is 30.0 Å². The monoisotopic (exact) mass is 536 g/mol. The van der Waals surface area contributed by atoms with Gasteiger partial charge in [-0.1, -0.05) is 29.8 Å². The topological polar surface area (TPSA) is 150 Å². The van der Waals surface area contributed by atoms with Crippen LogP contribution < -0.4 is 0 Å². The quantitative estimate of drug-likeness (QED) is 0.186. The summed E-state index contributed by atoms with van der Waals surface area (Å²) in [6, 6.07) is 7.15. The molecule has 1 aliphatic heterocycles. The van der Waals surface area contributed by atoms with Crippen LogP contribution in [0.5, 0.6) is 0 Å². The maximum absolute atomic E-state index is 12.8. The van der Waals surface area contributed by atoms with Gasteiger partial charge < -0.3 is 33.2 Å². The van der Waals surface area contributed by atoms with Gasteiger partial charge in [-0.25, -0.2) is 4.79 Å². The highest BCUT2D eigenvalue weighted by Gasteiger charge is 2.53. The van der Waals surface area contributed by atoms with Gasteiger partial charge in [0, 0.05) is 27.7 Å². The Morgan fingerprint density at radius 2 is 1.42 bits per heavy atom. The van der Waals surface area contributed by atoms with E-state index in [2.05, 4.69) is 0 Å².